The van der Waals surface area contributed by atoms with E-state index in [0.717, 1.165) is 36.2 Å². The fourth-order valence-electron chi connectivity index (χ4n) is 4.72. The van der Waals surface area contributed by atoms with Crippen LogP contribution in [-0.2, 0) is 6.42 Å². The second-order valence-corrected chi connectivity index (χ2v) is 7.52. The van der Waals surface area contributed by atoms with Crippen molar-refractivity contribution in [1.29, 1.82) is 0 Å². The zero-order chi connectivity index (χ0) is 16.2. The van der Waals surface area contributed by atoms with Crippen LogP contribution in [0.2, 0.25) is 0 Å². The Morgan fingerprint density at radius 1 is 1.04 bits per heavy atom. The topological polar surface area (TPSA) is 0 Å². The molecular weight excluding hydrogens is 283 g/mol. The highest BCUT2D eigenvalue weighted by atomic mass is 19.1. The standard InChI is InChI=1S/C22H29F/c1-3-5-6-17-9-10-21(15-22(17)23)20-12-11-18-13-16(4-2)7-8-19(18)14-20/h3-4,9-10,15-16,18-20H,1-2,5-8,11-14H2. The summed E-state index contributed by atoms with van der Waals surface area (Å²) in [5, 5.41) is 0. The maximum atomic E-state index is 14.3. The van der Waals surface area contributed by atoms with E-state index in [1.54, 1.807) is 6.07 Å². The number of hydrogen-bond acceptors (Lipinski definition) is 0. The molecule has 23 heavy (non-hydrogen) atoms. The van der Waals surface area contributed by atoms with E-state index in [1.807, 2.05) is 12.1 Å². The van der Waals surface area contributed by atoms with E-state index in [1.165, 1.54) is 44.1 Å². The number of halogens is 1. The first kappa shape index (κ1) is 16.5. The number of rotatable bonds is 5. The van der Waals surface area contributed by atoms with E-state index in [4.69, 9.17) is 0 Å². The molecule has 4 atom stereocenters. The summed E-state index contributed by atoms with van der Waals surface area (Å²) in [6.07, 6.45) is 13.3. The first-order chi connectivity index (χ1) is 11.2. The number of hydrogen-bond donors (Lipinski definition) is 0. The van der Waals surface area contributed by atoms with Crippen LogP contribution in [-0.4, -0.2) is 0 Å². The maximum Gasteiger partial charge on any atom is 0.126 e. The third-order valence-electron chi connectivity index (χ3n) is 6.15. The Balaban J connectivity index is 1.65. The molecule has 1 aromatic carbocycles. The van der Waals surface area contributed by atoms with Crippen molar-refractivity contribution in [3.8, 4) is 0 Å². The van der Waals surface area contributed by atoms with Gasteiger partial charge in [-0.2, -0.15) is 0 Å². The van der Waals surface area contributed by atoms with E-state index in [9.17, 15) is 4.39 Å². The van der Waals surface area contributed by atoms with Gasteiger partial charge in [-0.25, -0.2) is 4.39 Å². The average Bonchev–Trinajstić information content (AvgIpc) is 2.59. The molecule has 2 aliphatic carbocycles. The van der Waals surface area contributed by atoms with Crippen LogP contribution in [0.15, 0.2) is 43.5 Å². The summed E-state index contributed by atoms with van der Waals surface area (Å²) >= 11 is 0. The summed E-state index contributed by atoms with van der Waals surface area (Å²) in [5.41, 5.74) is 2.04. The van der Waals surface area contributed by atoms with Crippen LogP contribution in [0.4, 0.5) is 4.39 Å². The van der Waals surface area contributed by atoms with Crippen molar-refractivity contribution in [3.05, 3.63) is 60.5 Å². The molecule has 0 bridgehead atoms. The molecule has 2 fully saturated rings. The second kappa shape index (κ2) is 7.47. The average molecular weight is 312 g/mol. The summed E-state index contributed by atoms with van der Waals surface area (Å²) in [7, 11) is 0. The van der Waals surface area contributed by atoms with E-state index in [0.29, 0.717) is 5.92 Å². The molecule has 0 nitrogen and oxygen atoms in total. The highest BCUT2D eigenvalue weighted by Gasteiger charge is 2.35. The highest BCUT2D eigenvalue weighted by Crippen LogP contribution is 2.47. The molecule has 0 radical (unpaired) electrons. The van der Waals surface area contributed by atoms with Crippen LogP contribution in [0, 0.1) is 23.6 Å². The van der Waals surface area contributed by atoms with Gasteiger partial charge in [-0.3, -0.25) is 0 Å². The van der Waals surface area contributed by atoms with Gasteiger partial charge in [-0.05, 0) is 92.2 Å². The van der Waals surface area contributed by atoms with Crippen LogP contribution in [0.5, 0.6) is 0 Å². The molecule has 0 heterocycles. The molecular formula is C22H29F. The predicted molar refractivity (Wildman–Crippen MR) is 96.0 cm³/mol. The first-order valence-electron chi connectivity index (χ1n) is 9.23. The lowest BCUT2D eigenvalue weighted by Gasteiger charge is -2.41. The molecule has 3 rings (SSSR count). The zero-order valence-electron chi connectivity index (χ0n) is 14.1. The van der Waals surface area contributed by atoms with E-state index in [2.05, 4.69) is 25.3 Å². The SMILES string of the molecule is C=CCCc1ccc(C2CCC3CC(C=C)CCC3C2)cc1F. The van der Waals surface area contributed by atoms with Crippen LogP contribution in [0.25, 0.3) is 0 Å². The molecule has 0 N–H and O–H groups in total. The third kappa shape index (κ3) is 3.76. The molecule has 1 heteroatoms. The monoisotopic (exact) mass is 312 g/mol. The molecule has 2 saturated carbocycles. The maximum absolute atomic E-state index is 14.3. The van der Waals surface area contributed by atoms with Crippen LogP contribution < -0.4 is 0 Å². The van der Waals surface area contributed by atoms with Crippen LogP contribution >= 0.6 is 0 Å². The van der Waals surface area contributed by atoms with Crippen molar-refractivity contribution in [2.75, 3.05) is 0 Å². The Hall–Kier alpha value is -1.37. The van der Waals surface area contributed by atoms with Gasteiger partial charge in [-0.15, -0.1) is 13.2 Å². The van der Waals surface area contributed by atoms with Gasteiger partial charge >= 0.3 is 0 Å². The Labute approximate surface area is 140 Å². The van der Waals surface area contributed by atoms with E-state index >= 15 is 0 Å². The Morgan fingerprint density at radius 2 is 1.83 bits per heavy atom. The van der Waals surface area contributed by atoms with Gasteiger partial charge in [0.1, 0.15) is 5.82 Å². The Morgan fingerprint density at radius 3 is 2.57 bits per heavy atom. The van der Waals surface area contributed by atoms with Gasteiger partial charge in [-0.1, -0.05) is 24.3 Å². The fraction of sp³-hybridized carbons (Fsp3) is 0.545. The summed E-state index contributed by atoms with van der Waals surface area (Å²) in [4.78, 5) is 0. The Bertz CT molecular complexity index is 559. The van der Waals surface area contributed by atoms with E-state index in [-0.39, 0.29) is 5.82 Å². The third-order valence-corrected chi connectivity index (χ3v) is 6.15. The molecule has 4 unspecified atom stereocenters. The second-order valence-electron chi connectivity index (χ2n) is 7.52. The number of benzene rings is 1. The molecule has 0 amide bonds. The summed E-state index contributed by atoms with van der Waals surface area (Å²) in [6, 6.07) is 5.97. The van der Waals surface area contributed by atoms with Gasteiger partial charge < -0.3 is 0 Å². The van der Waals surface area contributed by atoms with Gasteiger partial charge in [0.15, 0.2) is 0 Å². The molecule has 1 aromatic rings. The Kier molecular flexibility index (Phi) is 5.35. The number of aryl methyl sites for hydroxylation is 1. The zero-order valence-corrected chi connectivity index (χ0v) is 14.1. The van der Waals surface area contributed by atoms with Crippen molar-refractivity contribution < 1.29 is 4.39 Å². The van der Waals surface area contributed by atoms with Gasteiger partial charge in [0.2, 0.25) is 0 Å². The normalized spacial score (nSPS) is 30.5. The molecule has 0 saturated heterocycles. The van der Waals surface area contributed by atoms with Crippen LogP contribution in [0.1, 0.15) is 62.0 Å². The molecule has 0 spiro atoms. The van der Waals surface area contributed by atoms with Crippen molar-refractivity contribution >= 4 is 0 Å². The van der Waals surface area contributed by atoms with Gasteiger partial charge in [0, 0.05) is 0 Å². The van der Waals surface area contributed by atoms with Crippen molar-refractivity contribution in [2.24, 2.45) is 17.8 Å². The summed E-state index contributed by atoms with van der Waals surface area (Å²) < 4.78 is 14.3. The number of allylic oxidation sites excluding steroid dienone is 2. The quantitative estimate of drug-likeness (QED) is 0.549. The van der Waals surface area contributed by atoms with Crippen LogP contribution in [0.3, 0.4) is 0 Å². The minimum Gasteiger partial charge on any atom is -0.207 e. The lowest BCUT2D eigenvalue weighted by atomic mass is 9.64. The lowest BCUT2D eigenvalue weighted by Crippen LogP contribution is -2.30. The summed E-state index contributed by atoms with van der Waals surface area (Å²) in [5.74, 6) is 2.98. The predicted octanol–water partition coefficient (Wildman–Crippen LogP) is 6.43. The highest BCUT2D eigenvalue weighted by molar-refractivity contribution is 5.28. The van der Waals surface area contributed by atoms with Gasteiger partial charge in [0.25, 0.3) is 0 Å². The van der Waals surface area contributed by atoms with Gasteiger partial charge in [0.05, 0.1) is 0 Å². The van der Waals surface area contributed by atoms with Crippen molar-refractivity contribution in [3.63, 3.8) is 0 Å². The minimum atomic E-state index is -0.0261. The fourth-order valence-corrected chi connectivity index (χ4v) is 4.72. The van der Waals surface area contributed by atoms with Crippen molar-refractivity contribution in [2.45, 2.75) is 57.3 Å². The van der Waals surface area contributed by atoms with Crippen molar-refractivity contribution in [1.82, 2.24) is 0 Å². The lowest BCUT2D eigenvalue weighted by molar-refractivity contribution is 0.133. The smallest absolute Gasteiger partial charge is 0.126 e. The molecule has 0 aliphatic heterocycles. The minimum absolute atomic E-state index is 0.0261. The first-order valence-corrected chi connectivity index (χ1v) is 9.23. The van der Waals surface area contributed by atoms with E-state index < -0.39 is 0 Å². The molecule has 2 aliphatic rings. The summed E-state index contributed by atoms with van der Waals surface area (Å²) in [6.45, 7) is 7.69. The molecule has 0 aromatic heterocycles. The molecule has 124 valence electrons. The number of fused-ring (bicyclic) bond motifs is 1. The largest absolute Gasteiger partial charge is 0.207 e.